The van der Waals surface area contributed by atoms with Crippen LogP contribution in [0.25, 0.3) is 17.1 Å². The van der Waals surface area contributed by atoms with Gasteiger partial charge in [0.15, 0.2) is 11.0 Å². The maximum absolute atomic E-state index is 12.8. The molecule has 1 aliphatic rings. The molecule has 1 aromatic heterocycles. The zero-order chi connectivity index (χ0) is 26.0. The van der Waals surface area contributed by atoms with E-state index >= 15 is 0 Å². The summed E-state index contributed by atoms with van der Waals surface area (Å²) in [7, 11) is -2.24. The van der Waals surface area contributed by atoms with Crippen LogP contribution >= 0.6 is 11.8 Å². The van der Waals surface area contributed by atoms with Crippen LogP contribution in [0.1, 0.15) is 11.1 Å². The highest BCUT2D eigenvalue weighted by molar-refractivity contribution is 7.99. The number of nitrogens with two attached hydrogens (primary N) is 1. The molecule has 0 saturated carbocycles. The summed E-state index contributed by atoms with van der Waals surface area (Å²) in [5.74, 6) is 1.31. The number of amides is 1. The second kappa shape index (κ2) is 10.4. The monoisotopic (exact) mass is 535 g/mol. The number of carbonyl (C=O) groups is 1. The van der Waals surface area contributed by atoms with Gasteiger partial charge in [0.05, 0.1) is 17.8 Å². The van der Waals surface area contributed by atoms with Crippen molar-refractivity contribution in [2.45, 2.75) is 28.9 Å². The second-order valence-corrected chi connectivity index (χ2v) is 11.1. The summed E-state index contributed by atoms with van der Waals surface area (Å²) >= 11 is 1.26. The molecule has 0 unspecified atom stereocenters. The quantitative estimate of drug-likeness (QED) is 0.332. The number of primary sulfonamides is 1. The SMILES string of the molecule is COc1ccc(-c2nnc(SCC(=O)NC3Cc4ccccc4C3)n2-c2ccc(S(N)(=O)=O)cc2)cc1. The van der Waals surface area contributed by atoms with E-state index in [2.05, 4.69) is 27.6 Å². The normalized spacial score (nSPS) is 13.4. The largest absolute Gasteiger partial charge is 0.497 e. The molecule has 11 heteroatoms. The minimum atomic E-state index is -3.83. The average Bonchev–Trinajstić information content (AvgIpc) is 3.50. The number of thioether (sulfide) groups is 1. The van der Waals surface area contributed by atoms with E-state index in [0.29, 0.717) is 22.4 Å². The molecule has 9 nitrogen and oxygen atoms in total. The van der Waals surface area contributed by atoms with E-state index in [0.717, 1.165) is 18.4 Å². The van der Waals surface area contributed by atoms with Gasteiger partial charge in [-0.3, -0.25) is 9.36 Å². The first-order chi connectivity index (χ1) is 17.8. The fraction of sp³-hybridized carbons (Fsp3) is 0.192. The molecular weight excluding hydrogens is 510 g/mol. The number of benzene rings is 3. The molecule has 0 bridgehead atoms. The van der Waals surface area contributed by atoms with E-state index in [1.165, 1.54) is 35.0 Å². The lowest BCUT2D eigenvalue weighted by Crippen LogP contribution is -2.36. The summed E-state index contributed by atoms with van der Waals surface area (Å²) in [5.41, 5.74) is 3.96. The van der Waals surface area contributed by atoms with Crippen molar-refractivity contribution in [3.05, 3.63) is 83.9 Å². The Kier molecular flexibility index (Phi) is 7.00. The first-order valence-corrected chi connectivity index (χ1v) is 14.1. The van der Waals surface area contributed by atoms with Crippen LogP contribution in [0.2, 0.25) is 0 Å². The predicted molar refractivity (Wildman–Crippen MR) is 141 cm³/mol. The zero-order valence-electron chi connectivity index (χ0n) is 20.0. The molecule has 0 spiro atoms. The molecular formula is C26H25N5O4S2. The minimum Gasteiger partial charge on any atom is -0.497 e. The van der Waals surface area contributed by atoms with Crippen LogP contribution in [0, 0.1) is 0 Å². The van der Waals surface area contributed by atoms with E-state index in [-0.39, 0.29) is 22.6 Å². The Bertz CT molecular complexity index is 1510. The standard InChI is InChI=1S/C26H25N5O4S2/c1-35-22-10-6-17(7-11-22)25-29-30-26(31(25)21-8-12-23(13-9-21)37(27,33)34)36-16-24(32)28-20-14-18-4-2-3-5-19(18)15-20/h2-13,20H,14-16H2,1H3,(H,28,32)(H2,27,33,34). The van der Waals surface area contributed by atoms with Gasteiger partial charge in [0.25, 0.3) is 0 Å². The third-order valence-electron chi connectivity index (χ3n) is 6.15. The van der Waals surface area contributed by atoms with Gasteiger partial charge < -0.3 is 10.1 Å². The fourth-order valence-electron chi connectivity index (χ4n) is 4.37. The number of carbonyl (C=O) groups excluding carboxylic acids is 1. The van der Waals surface area contributed by atoms with E-state index in [4.69, 9.17) is 9.88 Å². The Hall–Kier alpha value is -3.67. The van der Waals surface area contributed by atoms with Crippen molar-refractivity contribution in [1.82, 2.24) is 20.1 Å². The molecule has 1 heterocycles. The second-order valence-electron chi connectivity index (χ2n) is 8.64. The summed E-state index contributed by atoms with van der Waals surface area (Å²) in [4.78, 5) is 12.8. The lowest BCUT2D eigenvalue weighted by molar-refractivity contribution is -0.119. The number of ether oxygens (including phenoxy) is 1. The number of hydrogen-bond acceptors (Lipinski definition) is 7. The van der Waals surface area contributed by atoms with Gasteiger partial charge in [-0.1, -0.05) is 36.0 Å². The lowest BCUT2D eigenvalue weighted by atomic mass is 10.1. The molecule has 3 aromatic carbocycles. The lowest BCUT2D eigenvalue weighted by Gasteiger charge is -2.13. The number of nitrogens with zero attached hydrogens (tertiary/aromatic N) is 3. The maximum atomic E-state index is 12.8. The van der Waals surface area contributed by atoms with Crippen LogP contribution in [0.5, 0.6) is 5.75 Å². The molecule has 4 aromatic rings. The van der Waals surface area contributed by atoms with E-state index < -0.39 is 10.0 Å². The van der Waals surface area contributed by atoms with Gasteiger partial charge in [-0.05, 0) is 72.5 Å². The Morgan fingerprint density at radius 2 is 1.68 bits per heavy atom. The van der Waals surface area contributed by atoms with Crippen molar-refractivity contribution < 1.29 is 17.9 Å². The highest BCUT2D eigenvalue weighted by Gasteiger charge is 2.23. The Morgan fingerprint density at radius 3 is 2.27 bits per heavy atom. The number of nitrogens with one attached hydrogen (secondary N) is 1. The third-order valence-corrected chi connectivity index (χ3v) is 8.01. The Labute approximate surface area is 219 Å². The van der Waals surface area contributed by atoms with Gasteiger partial charge in [-0.25, -0.2) is 13.6 Å². The number of hydrogen-bond donors (Lipinski definition) is 2. The average molecular weight is 536 g/mol. The Morgan fingerprint density at radius 1 is 1.03 bits per heavy atom. The van der Waals surface area contributed by atoms with Crippen molar-refractivity contribution in [2.75, 3.05) is 12.9 Å². The number of sulfonamides is 1. The summed E-state index contributed by atoms with van der Waals surface area (Å²) in [5, 5.41) is 17.6. The molecule has 0 atom stereocenters. The molecule has 5 rings (SSSR count). The molecule has 0 saturated heterocycles. The van der Waals surface area contributed by atoms with Crippen LogP contribution in [-0.4, -0.2) is 48.0 Å². The van der Waals surface area contributed by atoms with Crippen molar-refractivity contribution in [3.63, 3.8) is 0 Å². The van der Waals surface area contributed by atoms with E-state index in [9.17, 15) is 13.2 Å². The van der Waals surface area contributed by atoms with Gasteiger partial charge in [0.1, 0.15) is 5.75 Å². The van der Waals surface area contributed by atoms with Crippen LogP contribution in [0.15, 0.2) is 82.8 Å². The molecule has 0 radical (unpaired) electrons. The summed E-state index contributed by atoms with van der Waals surface area (Å²) < 4.78 is 30.5. The summed E-state index contributed by atoms with van der Waals surface area (Å²) in [6, 6.07) is 21.8. The number of rotatable bonds is 8. The van der Waals surface area contributed by atoms with Gasteiger partial charge in [0.2, 0.25) is 15.9 Å². The topological polar surface area (TPSA) is 129 Å². The summed E-state index contributed by atoms with van der Waals surface area (Å²) in [6.07, 6.45) is 1.64. The van der Waals surface area contributed by atoms with E-state index in [1.54, 1.807) is 23.8 Å². The summed E-state index contributed by atoms with van der Waals surface area (Å²) in [6.45, 7) is 0. The molecule has 3 N–H and O–H groups in total. The third kappa shape index (κ3) is 5.53. The number of aromatic nitrogens is 3. The van der Waals surface area contributed by atoms with Crippen molar-refractivity contribution in [2.24, 2.45) is 5.14 Å². The van der Waals surface area contributed by atoms with Gasteiger partial charge in [-0.15, -0.1) is 10.2 Å². The predicted octanol–water partition coefficient (Wildman–Crippen LogP) is 2.97. The minimum absolute atomic E-state index is 0.00135. The van der Waals surface area contributed by atoms with Crippen LogP contribution in [0.3, 0.4) is 0 Å². The van der Waals surface area contributed by atoms with Gasteiger partial charge >= 0.3 is 0 Å². The zero-order valence-corrected chi connectivity index (χ0v) is 21.6. The molecule has 37 heavy (non-hydrogen) atoms. The molecule has 190 valence electrons. The highest BCUT2D eigenvalue weighted by Crippen LogP contribution is 2.30. The molecule has 0 aliphatic heterocycles. The van der Waals surface area contributed by atoms with Crippen molar-refractivity contribution in [1.29, 1.82) is 0 Å². The van der Waals surface area contributed by atoms with Crippen molar-refractivity contribution >= 4 is 27.7 Å². The Balaban J connectivity index is 1.38. The van der Waals surface area contributed by atoms with Crippen molar-refractivity contribution in [3.8, 4) is 22.8 Å². The fourth-order valence-corrected chi connectivity index (χ4v) is 5.65. The van der Waals surface area contributed by atoms with Gasteiger partial charge in [-0.2, -0.15) is 0 Å². The number of fused-ring (bicyclic) bond motifs is 1. The van der Waals surface area contributed by atoms with Crippen LogP contribution < -0.4 is 15.2 Å². The molecule has 1 aliphatic carbocycles. The van der Waals surface area contributed by atoms with Gasteiger partial charge in [0, 0.05) is 17.3 Å². The first kappa shape index (κ1) is 25.0. The van der Waals surface area contributed by atoms with E-state index in [1.807, 2.05) is 36.4 Å². The maximum Gasteiger partial charge on any atom is 0.238 e. The first-order valence-electron chi connectivity index (χ1n) is 11.5. The number of methoxy groups -OCH3 is 1. The highest BCUT2D eigenvalue weighted by atomic mass is 32.2. The van der Waals surface area contributed by atoms with Crippen LogP contribution in [-0.2, 0) is 27.7 Å². The molecule has 0 fully saturated rings. The van der Waals surface area contributed by atoms with Crippen LogP contribution in [0.4, 0.5) is 0 Å². The smallest absolute Gasteiger partial charge is 0.238 e. The molecule has 1 amide bonds.